The molecule has 1 fully saturated rings. The van der Waals surface area contributed by atoms with Gasteiger partial charge in [0.1, 0.15) is 11.5 Å². The third-order valence-electron chi connectivity index (χ3n) is 6.02. The molecule has 0 radical (unpaired) electrons. The Bertz CT molecular complexity index is 1200. The molecule has 1 saturated heterocycles. The molecule has 1 amide bonds. The Hall–Kier alpha value is -4.13. The second kappa shape index (κ2) is 9.79. The SMILES string of the molecule is COc1ccc(CCN2C(=O)C(=O)/C(=C(\O)c3ccncc3)C2c2ccc(N(C)C)cc2)cc1. The average molecular weight is 458 g/mol. The van der Waals surface area contributed by atoms with Crippen molar-refractivity contribution in [3.63, 3.8) is 0 Å². The molecule has 3 aromatic rings. The van der Waals surface area contributed by atoms with Gasteiger partial charge < -0.3 is 19.6 Å². The number of aromatic nitrogens is 1. The highest BCUT2D eigenvalue weighted by Gasteiger charge is 2.45. The number of Topliss-reactive ketones (excluding diaryl/α,β-unsaturated/α-hetero) is 1. The van der Waals surface area contributed by atoms with Gasteiger partial charge in [0.25, 0.3) is 11.7 Å². The van der Waals surface area contributed by atoms with Crippen molar-refractivity contribution >= 4 is 23.1 Å². The first kappa shape index (κ1) is 23.0. The van der Waals surface area contributed by atoms with E-state index in [-0.39, 0.29) is 11.3 Å². The number of pyridine rings is 1. The lowest BCUT2D eigenvalue weighted by Gasteiger charge is -2.26. The summed E-state index contributed by atoms with van der Waals surface area (Å²) in [6.45, 7) is 0.324. The molecule has 0 aliphatic carbocycles. The smallest absolute Gasteiger partial charge is 0.295 e. The number of nitrogens with zero attached hydrogens (tertiary/aromatic N) is 3. The molecule has 1 aromatic heterocycles. The van der Waals surface area contributed by atoms with Crippen molar-refractivity contribution in [3.05, 3.63) is 95.3 Å². The third kappa shape index (κ3) is 4.50. The summed E-state index contributed by atoms with van der Waals surface area (Å²) in [4.78, 5) is 33.7. The fourth-order valence-electron chi connectivity index (χ4n) is 4.12. The minimum atomic E-state index is -0.692. The normalized spacial score (nSPS) is 17.1. The molecule has 1 atom stereocenters. The summed E-state index contributed by atoms with van der Waals surface area (Å²) in [5, 5.41) is 11.1. The maximum atomic E-state index is 13.1. The number of benzene rings is 2. The zero-order valence-electron chi connectivity index (χ0n) is 19.4. The lowest BCUT2D eigenvalue weighted by molar-refractivity contribution is -0.139. The van der Waals surface area contributed by atoms with Crippen LogP contribution in [0, 0.1) is 0 Å². The third-order valence-corrected chi connectivity index (χ3v) is 6.02. The summed E-state index contributed by atoms with van der Waals surface area (Å²) < 4.78 is 5.21. The van der Waals surface area contributed by atoms with Crippen LogP contribution in [0.5, 0.6) is 5.75 Å². The Morgan fingerprint density at radius 3 is 2.24 bits per heavy atom. The van der Waals surface area contributed by atoms with Crippen LogP contribution in [0.3, 0.4) is 0 Å². The highest BCUT2D eigenvalue weighted by atomic mass is 16.5. The van der Waals surface area contributed by atoms with Crippen LogP contribution in [0.15, 0.2) is 78.6 Å². The van der Waals surface area contributed by atoms with E-state index < -0.39 is 17.7 Å². The summed E-state index contributed by atoms with van der Waals surface area (Å²) in [5.41, 5.74) is 3.29. The van der Waals surface area contributed by atoms with Gasteiger partial charge >= 0.3 is 0 Å². The number of hydrogen-bond donors (Lipinski definition) is 1. The van der Waals surface area contributed by atoms with E-state index in [1.807, 2.05) is 67.5 Å². The van der Waals surface area contributed by atoms with Crippen LogP contribution in [0.25, 0.3) is 5.76 Å². The van der Waals surface area contributed by atoms with Gasteiger partial charge in [-0.2, -0.15) is 0 Å². The number of aliphatic hydroxyl groups is 1. The number of ketones is 1. The number of aliphatic hydroxyl groups excluding tert-OH is 1. The van der Waals surface area contributed by atoms with Crippen LogP contribution in [-0.2, 0) is 16.0 Å². The molecule has 0 spiro atoms. The van der Waals surface area contributed by atoms with Gasteiger partial charge in [0.15, 0.2) is 0 Å². The Labute approximate surface area is 198 Å². The zero-order chi connectivity index (χ0) is 24.2. The number of anilines is 1. The van der Waals surface area contributed by atoms with Crippen molar-refractivity contribution in [2.24, 2.45) is 0 Å². The van der Waals surface area contributed by atoms with Gasteiger partial charge in [-0.05, 0) is 53.9 Å². The summed E-state index contributed by atoms with van der Waals surface area (Å²) in [6.07, 6.45) is 3.63. The monoisotopic (exact) mass is 457 g/mol. The van der Waals surface area contributed by atoms with Gasteiger partial charge in [-0.25, -0.2) is 0 Å². The first-order chi connectivity index (χ1) is 16.4. The van der Waals surface area contributed by atoms with E-state index in [1.54, 1.807) is 24.1 Å². The van der Waals surface area contributed by atoms with E-state index in [2.05, 4.69) is 4.98 Å². The molecule has 7 nitrogen and oxygen atoms in total. The largest absolute Gasteiger partial charge is 0.507 e. The molecule has 2 heterocycles. The van der Waals surface area contributed by atoms with Gasteiger partial charge in [0, 0.05) is 44.3 Å². The number of carbonyl (C=O) groups is 2. The zero-order valence-corrected chi connectivity index (χ0v) is 19.4. The van der Waals surface area contributed by atoms with Crippen molar-refractivity contribution in [1.82, 2.24) is 9.88 Å². The van der Waals surface area contributed by atoms with E-state index in [9.17, 15) is 14.7 Å². The molecule has 174 valence electrons. The first-order valence-electron chi connectivity index (χ1n) is 11.0. The molecule has 0 bridgehead atoms. The Morgan fingerprint density at radius 1 is 1.00 bits per heavy atom. The second-order valence-corrected chi connectivity index (χ2v) is 8.31. The molecule has 1 aliphatic rings. The van der Waals surface area contributed by atoms with Crippen molar-refractivity contribution in [2.45, 2.75) is 12.5 Å². The van der Waals surface area contributed by atoms with Gasteiger partial charge in [0.2, 0.25) is 0 Å². The topological polar surface area (TPSA) is 83.0 Å². The van der Waals surface area contributed by atoms with E-state index in [0.717, 1.165) is 22.6 Å². The maximum absolute atomic E-state index is 13.1. The molecule has 34 heavy (non-hydrogen) atoms. The highest BCUT2D eigenvalue weighted by molar-refractivity contribution is 6.46. The molecule has 7 heteroatoms. The molecule has 1 unspecified atom stereocenters. The number of amides is 1. The van der Waals surface area contributed by atoms with Crippen LogP contribution in [0.1, 0.15) is 22.7 Å². The minimum absolute atomic E-state index is 0.0866. The standard InChI is InChI=1S/C27H27N3O4/c1-29(2)21-8-6-19(7-9-21)24-23(25(31)20-12-15-28-16-13-20)26(32)27(33)30(24)17-14-18-4-10-22(34-3)11-5-18/h4-13,15-16,24,31H,14,17H2,1-3H3/b25-23-. The minimum Gasteiger partial charge on any atom is -0.507 e. The molecule has 0 saturated carbocycles. The number of hydrogen-bond acceptors (Lipinski definition) is 6. The molecule has 1 N–H and O–H groups in total. The summed E-state index contributed by atoms with van der Waals surface area (Å²) in [5.74, 6) is -0.756. The number of likely N-dealkylation sites (tertiary alicyclic amines) is 1. The second-order valence-electron chi connectivity index (χ2n) is 8.31. The van der Waals surface area contributed by atoms with Gasteiger partial charge in [-0.3, -0.25) is 14.6 Å². The number of carbonyl (C=O) groups excluding carboxylic acids is 2. The first-order valence-corrected chi connectivity index (χ1v) is 11.0. The maximum Gasteiger partial charge on any atom is 0.295 e. The molecular formula is C27H27N3O4. The predicted octanol–water partition coefficient (Wildman–Crippen LogP) is 3.82. The van der Waals surface area contributed by atoms with E-state index in [0.29, 0.717) is 18.5 Å². The summed E-state index contributed by atoms with van der Waals surface area (Å²) >= 11 is 0. The number of ether oxygens (including phenoxy) is 1. The van der Waals surface area contributed by atoms with Crippen molar-refractivity contribution in [2.75, 3.05) is 32.6 Å². The van der Waals surface area contributed by atoms with Crippen LogP contribution < -0.4 is 9.64 Å². The van der Waals surface area contributed by atoms with Crippen molar-refractivity contribution in [3.8, 4) is 5.75 Å². The van der Waals surface area contributed by atoms with E-state index >= 15 is 0 Å². The number of methoxy groups -OCH3 is 1. The lowest BCUT2D eigenvalue weighted by Crippen LogP contribution is -2.31. The van der Waals surface area contributed by atoms with E-state index in [1.165, 1.54) is 12.4 Å². The predicted molar refractivity (Wildman–Crippen MR) is 131 cm³/mol. The van der Waals surface area contributed by atoms with Crippen LogP contribution in [0.4, 0.5) is 5.69 Å². The van der Waals surface area contributed by atoms with Crippen LogP contribution in [-0.4, -0.2) is 54.4 Å². The Balaban J connectivity index is 1.73. The fraction of sp³-hybridized carbons (Fsp3) is 0.222. The Kier molecular flexibility index (Phi) is 6.63. The highest BCUT2D eigenvalue weighted by Crippen LogP contribution is 2.39. The van der Waals surface area contributed by atoms with Gasteiger partial charge in [-0.15, -0.1) is 0 Å². The summed E-state index contributed by atoms with van der Waals surface area (Å²) in [6, 6.07) is 17.8. The van der Waals surface area contributed by atoms with Crippen LogP contribution >= 0.6 is 0 Å². The Morgan fingerprint density at radius 2 is 1.65 bits per heavy atom. The number of rotatable bonds is 7. The lowest BCUT2D eigenvalue weighted by atomic mass is 9.95. The van der Waals surface area contributed by atoms with Crippen molar-refractivity contribution in [1.29, 1.82) is 0 Å². The molecular weight excluding hydrogens is 430 g/mol. The molecule has 4 rings (SSSR count). The van der Waals surface area contributed by atoms with Gasteiger partial charge in [0.05, 0.1) is 18.7 Å². The average Bonchev–Trinajstić information content (AvgIpc) is 3.12. The van der Waals surface area contributed by atoms with Crippen molar-refractivity contribution < 1.29 is 19.4 Å². The summed E-state index contributed by atoms with van der Waals surface area (Å²) in [7, 11) is 5.50. The van der Waals surface area contributed by atoms with Crippen LogP contribution in [0.2, 0.25) is 0 Å². The fourth-order valence-corrected chi connectivity index (χ4v) is 4.12. The molecule has 1 aliphatic heterocycles. The van der Waals surface area contributed by atoms with E-state index in [4.69, 9.17) is 4.74 Å². The van der Waals surface area contributed by atoms with Gasteiger partial charge in [-0.1, -0.05) is 24.3 Å². The quantitative estimate of drug-likeness (QED) is 0.330. The molecule has 2 aromatic carbocycles.